The molecule has 0 aliphatic heterocycles. The first-order chi connectivity index (χ1) is 15.9. The Morgan fingerprint density at radius 1 is 1.09 bits per heavy atom. The van der Waals surface area contributed by atoms with Gasteiger partial charge in [-0.2, -0.15) is 5.26 Å². The molecular weight excluding hydrogens is 555 g/mol. The molecule has 0 radical (unpaired) electrons. The summed E-state index contributed by atoms with van der Waals surface area (Å²) in [5.74, 6) is -0.0788. The molecule has 3 rings (SSSR count). The minimum Gasteiger partial charge on any atom is -0.490 e. The van der Waals surface area contributed by atoms with Crippen LogP contribution in [0.2, 0.25) is 0 Å². The van der Waals surface area contributed by atoms with Gasteiger partial charge in [0.25, 0.3) is 5.91 Å². The van der Waals surface area contributed by atoms with Crippen LogP contribution in [-0.4, -0.2) is 12.5 Å². The number of hydrogen-bond donors (Lipinski definition) is 1. The van der Waals surface area contributed by atoms with Crippen molar-refractivity contribution in [3.8, 4) is 17.6 Å². The van der Waals surface area contributed by atoms with E-state index >= 15 is 0 Å². The van der Waals surface area contributed by atoms with Crippen LogP contribution in [0, 0.1) is 17.1 Å². The molecule has 0 saturated heterocycles. The highest BCUT2D eigenvalue weighted by Crippen LogP contribution is 2.35. The molecule has 33 heavy (non-hydrogen) atoms. The van der Waals surface area contributed by atoms with Gasteiger partial charge in [-0.3, -0.25) is 4.79 Å². The summed E-state index contributed by atoms with van der Waals surface area (Å²) in [5, 5.41) is 12.2. The number of carbonyl (C=O) groups is 1. The van der Waals surface area contributed by atoms with Gasteiger partial charge in [-0.1, -0.05) is 50.1 Å². The quantitative estimate of drug-likeness (QED) is 0.236. The van der Waals surface area contributed by atoms with E-state index in [1.165, 1.54) is 12.1 Å². The van der Waals surface area contributed by atoms with E-state index in [-0.39, 0.29) is 18.0 Å². The maximum Gasteiger partial charge on any atom is 0.266 e. The standard InChI is InChI=1S/C25H19Br2FN2O3/c1-2-32-23-12-17(11-18(14-29)25(31)30-20-9-7-19(26)8-10-20)21(27)13-24(23)33-15-16-5-3-4-6-22(16)28/h3-13H,2,15H2,1H3,(H,30,31)/b18-11+. The Morgan fingerprint density at radius 3 is 2.45 bits per heavy atom. The molecule has 1 amide bonds. The Kier molecular flexibility index (Phi) is 8.64. The monoisotopic (exact) mass is 572 g/mol. The van der Waals surface area contributed by atoms with Crippen molar-refractivity contribution < 1.29 is 18.7 Å². The van der Waals surface area contributed by atoms with Crippen molar-refractivity contribution in [2.75, 3.05) is 11.9 Å². The molecule has 168 valence electrons. The molecule has 3 aromatic rings. The van der Waals surface area contributed by atoms with E-state index in [1.807, 2.05) is 13.0 Å². The summed E-state index contributed by atoms with van der Waals surface area (Å²) < 4.78 is 26.9. The molecule has 0 aromatic heterocycles. The number of anilines is 1. The Balaban J connectivity index is 1.85. The molecule has 0 atom stereocenters. The van der Waals surface area contributed by atoms with Gasteiger partial charge in [-0.15, -0.1) is 0 Å². The fraction of sp³-hybridized carbons (Fsp3) is 0.120. The lowest BCUT2D eigenvalue weighted by molar-refractivity contribution is -0.112. The predicted octanol–water partition coefficient (Wildman–Crippen LogP) is 6.87. The Labute approximate surface area is 208 Å². The minimum absolute atomic E-state index is 0.0212. The van der Waals surface area contributed by atoms with Gasteiger partial charge in [0.05, 0.1) is 6.61 Å². The van der Waals surface area contributed by atoms with Gasteiger partial charge >= 0.3 is 0 Å². The number of carbonyl (C=O) groups excluding carboxylic acids is 1. The summed E-state index contributed by atoms with van der Waals surface area (Å²) in [6.07, 6.45) is 1.46. The Hall–Kier alpha value is -3.15. The van der Waals surface area contributed by atoms with Crippen LogP contribution in [0.25, 0.3) is 6.08 Å². The molecule has 0 aliphatic carbocycles. The molecule has 5 nitrogen and oxygen atoms in total. The molecule has 1 N–H and O–H groups in total. The summed E-state index contributed by atoms with van der Waals surface area (Å²) in [6, 6.07) is 18.6. The maximum absolute atomic E-state index is 13.9. The second-order valence-electron chi connectivity index (χ2n) is 6.76. The smallest absolute Gasteiger partial charge is 0.266 e. The third-order valence-electron chi connectivity index (χ3n) is 4.47. The SMILES string of the molecule is CCOc1cc(/C=C(\C#N)C(=O)Nc2ccc(Br)cc2)c(Br)cc1OCc1ccccc1F. The first-order valence-corrected chi connectivity index (χ1v) is 11.5. The second kappa shape index (κ2) is 11.6. The number of benzene rings is 3. The fourth-order valence-electron chi connectivity index (χ4n) is 2.85. The highest BCUT2D eigenvalue weighted by Gasteiger charge is 2.15. The molecule has 0 saturated carbocycles. The van der Waals surface area contributed by atoms with Crippen molar-refractivity contribution in [1.82, 2.24) is 0 Å². The fourth-order valence-corrected chi connectivity index (χ4v) is 3.55. The van der Waals surface area contributed by atoms with Crippen molar-refractivity contribution in [2.45, 2.75) is 13.5 Å². The van der Waals surface area contributed by atoms with Crippen LogP contribution in [0.1, 0.15) is 18.1 Å². The average molecular weight is 574 g/mol. The van der Waals surface area contributed by atoms with Crippen molar-refractivity contribution >= 4 is 49.5 Å². The van der Waals surface area contributed by atoms with Crippen LogP contribution in [0.5, 0.6) is 11.5 Å². The first-order valence-electron chi connectivity index (χ1n) is 9.92. The van der Waals surface area contributed by atoms with E-state index in [9.17, 15) is 14.4 Å². The number of halogens is 3. The predicted molar refractivity (Wildman–Crippen MR) is 132 cm³/mol. The van der Waals surface area contributed by atoms with E-state index in [0.717, 1.165) is 4.47 Å². The lowest BCUT2D eigenvalue weighted by Crippen LogP contribution is -2.13. The van der Waals surface area contributed by atoms with Crippen LogP contribution in [0.4, 0.5) is 10.1 Å². The number of nitrogens with one attached hydrogen (secondary N) is 1. The van der Waals surface area contributed by atoms with Crippen LogP contribution in [0.15, 0.2) is 75.2 Å². The van der Waals surface area contributed by atoms with Crippen LogP contribution >= 0.6 is 31.9 Å². The summed E-state index contributed by atoms with van der Waals surface area (Å²) in [5.41, 5.74) is 1.45. The number of nitriles is 1. The molecule has 8 heteroatoms. The number of amides is 1. The molecule has 0 bridgehead atoms. The van der Waals surface area contributed by atoms with Crippen LogP contribution < -0.4 is 14.8 Å². The Morgan fingerprint density at radius 2 is 1.79 bits per heavy atom. The summed E-state index contributed by atoms with van der Waals surface area (Å²) >= 11 is 6.79. The molecule has 3 aromatic carbocycles. The highest BCUT2D eigenvalue weighted by molar-refractivity contribution is 9.10. The van der Waals surface area contributed by atoms with E-state index in [4.69, 9.17) is 9.47 Å². The summed E-state index contributed by atoms with van der Waals surface area (Å²) in [4.78, 5) is 12.6. The zero-order chi connectivity index (χ0) is 23.8. The van der Waals surface area contributed by atoms with E-state index in [0.29, 0.717) is 39.4 Å². The third-order valence-corrected chi connectivity index (χ3v) is 5.69. The summed E-state index contributed by atoms with van der Waals surface area (Å²) in [6.45, 7) is 2.22. The van der Waals surface area contributed by atoms with Crippen molar-refractivity contribution in [3.05, 3.63) is 92.1 Å². The molecule has 0 heterocycles. The van der Waals surface area contributed by atoms with Gasteiger partial charge in [0.15, 0.2) is 11.5 Å². The topological polar surface area (TPSA) is 71.3 Å². The van der Waals surface area contributed by atoms with Crippen molar-refractivity contribution in [2.24, 2.45) is 0 Å². The van der Waals surface area contributed by atoms with Crippen LogP contribution in [-0.2, 0) is 11.4 Å². The van der Waals surface area contributed by atoms with Crippen molar-refractivity contribution in [1.29, 1.82) is 5.26 Å². The van der Waals surface area contributed by atoms with Gasteiger partial charge in [-0.05, 0) is 61.0 Å². The van der Waals surface area contributed by atoms with Gasteiger partial charge in [0.2, 0.25) is 0 Å². The molecule has 0 spiro atoms. The normalized spacial score (nSPS) is 10.9. The molecule has 0 unspecified atom stereocenters. The van der Waals surface area contributed by atoms with Gasteiger partial charge in [0.1, 0.15) is 24.1 Å². The molecule has 0 aliphatic rings. The van der Waals surface area contributed by atoms with Crippen molar-refractivity contribution in [3.63, 3.8) is 0 Å². The number of nitrogens with zero attached hydrogens (tertiary/aromatic N) is 1. The van der Waals surface area contributed by atoms with Gasteiger partial charge in [-0.25, -0.2) is 4.39 Å². The van der Waals surface area contributed by atoms with Gasteiger partial charge in [0, 0.05) is 20.2 Å². The number of ether oxygens (including phenoxy) is 2. The van der Waals surface area contributed by atoms with Crippen LogP contribution in [0.3, 0.4) is 0 Å². The van der Waals surface area contributed by atoms with E-state index in [2.05, 4.69) is 37.2 Å². The molecular formula is C25H19Br2FN2O3. The second-order valence-corrected chi connectivity index (χ2v) is 8.53. The lowest BCUT2D eigenvalue weighted by Gasteiger charge is -2.14. The minimum atomic E-state index is -0.537. The average Bonchev–Trinajstić information content (AvgIpc) is 2.80. The number of hydrogen-bond acceptors (Lipinski definition) is 4. The third kappa shape index (κ3) is 6.67. The summed E-state index contributed by atoms with van der Waals surface area (Å²) in [7, 11) is 0. The van der Waals surface area contributed by atoms with E-state index < -0.39 is 5.91 Å². The van der Waals surface area contributed by atoms with Gasteiger partial charge < -0.3 is 14.8 Å². The zero-order valence-corrected chi connectivity index (χ0v) is 20.7. The Bertz CT molecular complexity index is 1220. The molecule has 0 fully saturated rings. The largest absolute Gasteiger partial charge is 0.490 e. The highest BCUT2D eigenvalue weighted by atomic mass is 79.9. The van der Waals surface area contributed by atoms with E-state index in [1.54, 1.807) is 54.6 Å². The lowest BCUT2D eigenvalue weighted by atomic mass is 10.1. The number of rotatable bonds is 8. The zero-order valence-electron chi connectivity index (χ0n) is 17.6. The first kappa shape index (κ1) is 24.5. The maximum atomic E-state index is 13.9.